The summed E-state index contributed by atoms with van der Waals surface area (Å²) in [4.78, 5) is 18.3. The number of H-pyrrole nitrogens is 1. The monoisotopic (exact) mass is 230 g/mol. The number of nitrogens with one attached hydrogen (secondary N) is 1. The highest BCUT2D eigenvalue weighted by Crippen LogP contribution is 2.11. The van der Waals surface area contributed by atoms with Gasteiger partial charge in [-0.2, -0.15) is 12.6 Å². The number of aromatic amines is 1. The Bertz CT molecular complexity index is 338. The fourth-order valence-electron chi connectivity index (χ4n) is 1.08. The van der Waals surface area contributed by atoms with Gasteiger partial charge in [-0.1, -0.05) is 25.1 Å². The Balaban J connectivity index is 2.78. The lowest BCUT2D eigenvalue weighted by Gasteiger charge is -2.01. The number of thioether (sulfide) groups is 1. The van der Waals surface area contributed by atoms with E-state index in [1.807, 2.05) is 0 Å². The molecular formula is C9H14N2OS2. The molecule has 1 rings (SSSR count). The molecule has 0 spiro atoms. The van der Waals surface area contributed by atoms with E-state index < -0.39 is 0 Å². The molecule has 0 atom stereocenters. The molecule has 0 amide bonds. The Kier molecular flexibility index (Phi) is 5.11. The van der Waals surface area contributed by atoms with Gasteiger partial charge in [0.1, 0.15) is 0 Å². The SMILES string of the molecule is CCCc1cc(=O)[nH]c(SCCS)n1. The lowest BCUT2D eigenvalue weighted by Crippen LogP contribution is -2.10. The van der Waals surface area contributed by atoms with Crippen molar-refractivity contribution in [2.24, 2.45) is 0 Å². The quantitative estimate of drug-likeness (QED) is 0.460. The zero-order valence-electron chi connectivity index (χ0n) is 8.12. The molecule has 1 heterocycles. The lowest BCUT2D eigenvalue weighted by atomic mass is 10.2. The van der Waals surface area contributed by atoms with E-state index in [4.69, 9.17) is 0 Å². The summed E-state index contributed by atoms with van der Waals surface area (Å²) in [6.45, 7) is 2.07. The van der Waals surface area contributed by atoms with Gasteiger partial charge in [-0.05, 0) is 12.2 Å². The molecule has 0 aliphatic heterocycles. The van der Waals surface area contributed by atoms with Crippen LogP contribution in [-0.4, -0.2) is 21.5 Å². The third-order valence-electron chi connectivity index (χ3n) is 1.61. The highest BCUT2D eigenvalue weighted by atomic mass is 32.2. The molecule has 0 bridgehead atoms. The highest BCUT2D eigenvalue weighted by molar-refractivity contribution is 7.99. The fraction of sp³-hybridized carbons (Fsp3) is 0.556. The van der Waals surface area contributed by atoms with Crippen molar-refractivity contribution in [2.75, 3.05) is 11.5 Å². The molecule has 0 aromatic carbocycles. The van der Waals surface area contributed by atoms with Gasteiger partial charge in [0.25, 0.3) is 5.56 Å². The second kappa shape index (κ2) is 6.14. The molecule has 0 aliphatic rings. The Labute approximate surface area is 93.1 Å². The molecule has 78 valence electrons. The first-order valence-electron chi connectivity index (χ1n) is 4.60. The highest BCUT2D eigenvalue weighted by Gasteiger charge is 2.00. The van der Waals surface area contributed by atoms with Crippen LogP contribution in [-0.2, 0) is 6.42 Å². The zero-order valence-corrected chi connectivity index (χ0v) is 9.83. The van der Waals surface area contributed by atoms with Crippen molar-refractivity contribution in [2.45, 2.75) is 24.9 Å². The van der Waals surface area contributed by atoms with Gasteiger partial charge >= 0.3 is 0 Å². The summed E-state index contributed by atoms with van der Waals surface area (Å²) in [5, 5.41) is 0.704. The van der Waals surface area contributed by atoms with Crippen molar-refractivity contribution in [3.63, 3.8) is 0 Å². The Morgan fingerprint density at radius 2 is 2.43 bits per heavy atom. The summed E-state index contributed by atoms with van der Waals surface area (Å²) in [5.41, 5.74) is 0.808. The number of hydrogen-bond donors (Lipinski definition) is 2. The molecule has 3 nitrogen and oxygen atoms in total. The van der Waals surface area contributed by atoms with Crippen LogP contribution in [0.3, 0.4) is 0 Å². The summed E-state index contributed by atoms with van der Waals surface area (Å²) in [6, 6.07) is 1.56. The van der Waals surface area contributed by atoms with Gasteiger partial charge in [0, 0.05) is 17.5 Å². The van der Waals surface area contributed by atoms with Crippen molar-refractivity contribution in [3.8, 4) is 0 Å². The molecule has 0 unspecified atom stereocenters. The average Bonchev–Trinajstić information content (AvgIpc) is 2.14. The van der Waals surface area contributed by atoms with Crippen LogP contribution in [0.5, 0.6) is 0 Å². The van der Waals surface area contributed by atoms with Crippen LogP contribution in [0, 0.1) is 0 Å². The van der Waals surface area contributed by atoms with Crippen LogP contribution in [0.1, 0.15) is 19.0 Å². The number of nitrogens with zero attached hydrogens (tertiary/aromatic N) is 1. The number of rotatable bonds is 5. The fourth-order valence-corrected chi connectivity index (χ4v) is 1.99. The maximum absolute atomic E-state index is 11.2. The Morgan fingerprint density at radius 1 is 1.64 bits per heavy atom. The molecule has 0 aliphatic carbocycles. The van der Waals surface area contributed by atoms with E-state index in [9.17, 15) is 4.79 Å². The standard InChI is InChI=1S/C9H14N2OS2/c1-2-3-7-6-8(12)11-9(10-7)14-5-4-13/h6,13H,2-5H2,1H3,(H,10,11,12). The molecule has 1 N–H and O–H groups in total. The first kappa shape index (κ1) is 11.7. The molecule has 0 radical (unpaired) electrons. The first-order chi connectivity index (χ1) is 6.76. The van der Waals surface area contributed by atoms with E-state index in [1.54, 1.807) is 6.07 Å². The van der Waals surface area contributed by atoms with Crippen molar-refractivity contribution >= 4 is 24.4 Å². The lowest BCUT2D eigenvalue weighted by molar-refractivity contribution is 0.816. The van der Waals surface area contributed by atoms with Gasteiger partial charge < -0.3 is 4.98 Å². The van der Waals surface area contributed by atoms with Crippen LogP contribution < -0.4 is 5.56 Å². The normalized spacial score (nSPS) is 10.4. The molecule has 0 saturated carbocycles. The minimum absolute atomic E-state index is 0.0647. The van der Waals surface area contributed by atoms with Crippen molar-refractivity contribution in [1.29, 1.82) is 0 Å². The van der Waals surface area contributed by atoms with Gasteiger partial charge in [-0.3, -0.25) is 4.79 Å². The van der Waals surface area contributed by atoms with E-state index in [-0.39, 0.29) is 5.56 Å². The van der Waals surface area contributed by atoms with E-state index in [1.165, 1.54) is 11.8 Å². The van der Waals surface area contributed by atoms with Crippen LogP contribution in [0.25, 0.3) is 0 Å². The maximum Gasteiger partial charge on any atom is 0.251 e. The largest absolute Gasteiger partial charge is 0.301 e. The topological polar surface area (TPSA) is 45.8 Å². The van der Waals surface area contributed by atoms with Gasteiger partial charge in [0.05, 0.1) is 0 Å². The minimum atomic E-state index is -0.0647. The Morgan fingerprint density at radius 3 is 3.07 bits per heavy atom. The van der Waals surface area contributed by atoms with Crippen LogP contribution in [0.15, 0.2) is 16.0 Å². The van der Waals surface area contributed by atoms with Gasteiger partial charge in [0.15, 0.2) is 5.16 Å². The first-order valence-corrected chi connectivity index (χ1v) is 6.22. The number of thiol groups is 1. The number of aryl methyl sites for hydroxylation is 1. The molecule has 1 aromatic heterocycles. The molecule has 1 aromatic rings. The van der Waals surface area contributed by atoms with Crippen molar-refractivity contribution in [3.05, 3.63) is 22.1 Å². The third kappa shape index (κ3) is 3.75. The predicted molar refractivity (Wildman–Crippen MR) is 63.4 cm³/mol. The molecule has 0 fully saturated rings. The summed E-state index contributed by atoms with van der Waals surface area (Å²) in [5.74, 6) is 1.65. The van der Waals surface area contributed by atoms with Crippen LogP contribution in [0.4, 0.5) is 0 Å². The molecule has 14 heavy (non-hydrogen) atoms. The van der Waals surface area contributed by atoms with Crippen molar-refractivity contribution < 1.29 is 0 Å². The molecule has 5 heteroatoms. The maximum atomic E-state index is 11.2. The molecular weight excluding hydrogens is 216 g/mol. The average molecular weight is 230 g/mol. The van der Waals surface area contributed by atoms with Crippen LogP contribution in [0.2, 0.25) is 0 Å². The van der Waals surface area contributed by atoms with E-state index in [0.29, 0.717) is 5.16 Å². The smallest absolute Gasteiger partial charge is 0.251 e. The number of aromatic nitrogens is 2. The van der Waals surface area contributed by atoms with E-state index >= 15 is 0 Å². The van der Waals surface area contributed by atoms with Gasteiger partial charge in [-0.25, -0.2) is 4.98 Å². The van der Waals surface area contributed by atoms with Crippen molar-refractivity contribution in [1.82, 2.24) is 9.97 Å². The third-order valence-corrected chi connectivity index (χ3v) is 3.01. The minimum Gasteiger partial charge on any atom is -0.301 e. The summed E-state index contributed by atoms with van der Waals surface area (Å²) >= 11 is 5.63. The zero-order chi connectivity index (χ0) is 10.4. The summed E-state index contributed by atoms with van der Waals surface area (Å²) in [6.07, 6.45) is 1.87. The number of hydrogen-bond acceptors (Lipinski definition) is 4. The summed E-state index contributed by atoms with van der Waals surface area (Å²) < 4.78 is 0. The van der Waals surface area contributed by atoms with Crippen LogP contribution >= 0.6 is 24.4 Å². The second-order valence-electron chi connectivity index (χ2n) is 2.86. The molecule has 0 saturated heterocycles. The predicted octanol–water partition coefficient (Wildman–Crippen LogP) is 1.74. The second-order valence-corrected chi connectivity index (χ2v) is 4.39. The van der Waals surface area contributed by atoms with E-state index in [2.05, 4.69) is 29.5 Å². The van der Waals surface area contributed by atoms with Gasteiger partial charge in [-0.15, -0.1) is 0 Å². The Hall–Kier alpha value is -0.420. The summed E-state index contributed by atoms with van der Waals surface area (Å²) in [7, 11) is 0. The van der Waals surface area contributed by atoms with E-state index in [0.717, 1.165) is 30.0 Å². The van der Waals surface area contributed by atoms with Gasteiger partial charge in [0.2, 0.25) is 0 Å².